The van der Waals surface area contributed by atoms with Crippen molar-refractivity contribution in [3.05, 3.63) is 60.3 Å². The van der Waals surface area contributed by atoms with Crippen LogP contribution in [0.2, 0.25) is 0 Å². The molecule has 27 heavy (non-hydrogen) atoms. The number of carbonyl (C=O) groups excluding carboxylic acids is 1. The maximum Gasteiger partial charge on any atom is 0.346 e. The van der Waals surface area contributed by atoms with E-state index in [9.17, 15) is 9.90 Å². The Balaban J connectivity index is 2.05. The number of ether oxygens (including phenoxy) is 2. The lowest BCUT2D eigenvalue weighted by atomic mass is 10.1. The fourth-order valence-electron chi connectivity index (χ4n) is 2.72. The van der Waals surface area contributed by atoms with E-state index in [0.29, 0.717) is 23.5 Å². The molecule has 0 aliphatic heterocycles. The van der Waals surface area contributed by atoms with Gasteiger partial charge in [0.1, 0.15) is 17.1 Å². The van der Waals surface area contributed by atoms with E-state index in [2.05, 4.69) is 10.3 Å². The third-order valence-corrected chi connectivity index (χ3v) is 3.95. The van der Waals surface area contributed by atoms with Crippen molar-refractivity contribution in [1.82, 2.24) is 0 Å². The number of benzene rings is 2. The topological polar surface area (TPSA) is 81.9 Å². The minimum atomic E-state index is -0.567. The first-order valence-corrected chi connectivity index (χ1v) is 8.89. The molecule has 3 rings (SSSR count). The van der Waals surface area contributed by atoms with Gasteiger partial charge in [-0.15, -0.1) is 0 Å². The van der Waals surface area contributed by atoms with Crippen LogP contribution in [0.1, 0.15) is 24.2 Å². The SMILES string of the molecule is CCOC(=O)c1c[nH+]c2ccc(Oc3ccccc3)cc2c1NC[C@@H](C)O. The summed E-state index contributed by atoms with van der Waals surface area (Å²) in [6.07, 6.45) is 1.05. The van der Waals surface area contributed by atoms with Gasteiger partial charge in [0.05, 0.1) is 23.8 Å². The highest BCUT2D eigenvalue weighted by Gasteiger charge is 2.21. The summed E-state index contributed by atoms with van der Waals surface area (Å²) in [5, 5.41) is 13.6. The van der Waals surface area contributed by atoms with Crippen molar-refractivity contribution in [3.63, 3.8) is 0 Å². The predicted molar refractivity (Wildman–Crippen MR) is 103 cm³/mol. The first kappa shape index (κ1) is 18.7. The van der Waals surface area contributed by atoms with Gasteiger partial charge in [0, 0.05) is 12.6 Å². The number of rotatable bonds is 7. The summed E-state index contributed by atoms with van der Waals surface area (Å²) in [6, 6.07) is 15.1. The van der Waals surface area contributed by atoms with Crippen molar-refractivity contribution in [2.24, 2.45) is 0 Å². The van der Waals surface area contributed by atoms with Gasteiger partial charge in [-0.25, -0.2) is 9.78 Å². The molecule has 0 bridgehead atoms. The lowest BCUT2D eigenvalue weighted by molar-refractivity contribution is -0.344. The Morgan fingerprint density at radius 2 is 1.96 bits per heavy atom. The Kier molecular flexibility index (Phi) is 5.88. The fraction of sp³-hybridized carbons (Fsp3) is 0.238. The van der Waals surface area contributed by atoms with Crippen LogP contribution in [0, 0.1) is 0 Å². The normalized spacial score (nSPS) is 11.8. The zero-order valence-electron chi connectivity index (χ0n) is 15.4. The molecule has 3 aromatic rings. The number of nitrogens with one attached hydrogen (secondary N) is 2. The van der Waals surface area contributed by atoms with E-state index in [-0.39, 0.29) is 6.61 Å². The smallest absolute Gasteiger partial charge is 0.346 e. The van der Waals surface area contributed by atoms with Gasteiger partial charge < -0.3 is 19.9 Å². The van der Waals surface area contributed by atoms with Gasteiger partial charge in [-0.1, -0.05) is 18.2 Å². The van der Waals surface area contributed by atoms with Gasteiger partial charge >= 0.3 is 5.97 Å². The Morgan fingerprint density at radius 1 is 1.19 bits per heavy atom. The number of aromatic nitrogens is 1. The number of H-pyrrole nitrogens is 1. The number of aliphatic hydroxyl groups is 1. The van der Waals surface area contributed by atoms with Gasteiger partial charge in [-0.05, 0) is 38.1 Å². The van der Waals surface area contributed by atoms with Crippen LogP contribution in [0.15, 0.2) is 54.7 Å². The molecule has 0 spiro atoms. The molecule has 140 valence electrons. The summed E-state index contributed by atoms with van der Waals surface area (Å²) in [5.74, 6) is 0.933. The molecule has 1 aromatic heterocycles. The van der Waals surface area contributed by atoms with Crippen molar-refractivity contribution >= 4 is 22.6 Å². The molecule has 2 aromatic carbocycles. The summed E-state index contributed by atoms with van der Waals surface area (Å²) in [5.41, 5.74) is 1.81. The van der Waals surface area contributed by atoms with E-state index in [4.69, 9.17) is 9.47 Å². The molecule has 0 radical (unpaired) electrons. The number of esters is 1. The van der Waals surface area contributed by atoms with Crippen LogP contribution in [0.5, 0.6) is 11.5 Å². The highest BCUT2D eigenvalue weighted by molar-refractivity contribution is 6.04. The molecule has 0 aliphatic rings. The maximum atomic E-state index is 12.4. The Labute approximate surface area is 157 Å². The number of hydrogen-bond donors (Lipinski definition) is 2. The van der Waals surface area contributed by atoms with E-state index < -0.39 is 12.1 Å². The number of anilines is 1. The summed E-state index contributed by atoms with van der Waals surface area (Å²) < 4.78 is 11.1. The van der Waals surface area contributed by atoms with E-state index in [1.165, 1.54) is 0 Å². The van der Waals surface area contributed by atoms with Gasteiger partial charge in [0.15, 0.2) is 6.20 Å². The Morgan fingerprint density at radius 3 is 2.67 bits per heavy atom. The van der Waals surface area contributed by atoms with Crippen molar-refractivity contribution < 1.29 is 24.4 Å². The number of hydrogen-bond acceptors (Lipinski definition) is 5. The molecule has 6 heteroatoms. The molecule has 0 unspecified atom stereocenters. The van der Waals surface area contributed by atoms with Gasteiger partial charge in [-0.3, -0.25) is 0 Å². The van der Waals surface area contributed by atoms with Crippen LogP contribution in [0.4, 0.5) is 5.69 Å². The van der Waals surface area contributed by atoms with Crippen LogP contribution in [0.3, 0.4) is 0 Å². The second-order valence-electron chi connectivity index (χ2n) is 6.15. The maximum absolute atomic E-state index is 12.4. The molecular formula is C21H23N2O4+. The number of para-hydroxylation sites is 1. The number of pyridine rings is 1. The monoisotopic (exact) mass is 367 g/mol. The highest BCUT2D eigenvalue weighted by Crippen LogP contribution is 2.30. The second-order valence-corrected chi connectivity index (χ2v) is 6.15. The molecule has 0 amide bonds. The van der Waals surface area contributed by atoms with E-state index in [1.54, 1.807) is 20.0 Å². The third kappa shape index (κ3) is 4.54. The Hall–Kier alpha value is -3.12. The molecule has 6 nitrogen and oxygen atoms in total. The Bertz CT molecular complexity index is 926. The number of carbonyl (C=O) groups is 1. The van der Waals surface area contributed by atoms with E-state index in [0.717, 1.165) is 16.7 Å². The van der Waals surface area contributed by atoms with Crippen LogP contribution >= 0.6 is 0 Å². The molecular weight excluding hydrogens is 344 g/mol. The predicted octanol–water partition coefficient (Wildman–Crippen LogP) is 3.42. The molecule has 3 N–H and O–H groups in total. The average Bonchev–Trinajstić information content (AvgIpc) is 2.66. The minimum Gasteiger partial charge on any atom is -0.462 e. The first-order chi connectivity index (χ1) is 13.1. The van der Waals surface area contributed by atoms with Crippen LogP contribution in [-0.2, 0) is 4.74 Å². The lowest BCUT2D eigenvalue weighted by Crippen LogP contribution is -2.20. The molecule has 0 aliphatic carbocycles. The largest absolute Gasteiger partial charge is 0.462 e. The summed E-state index contributed by atoms with van der Waals surface area (Å²) >= 11 is 0. The summed E-state index contributed by atoms with van der Waals surface area (Å²) in [7, 11) is 0. The molecule has 0 fully saturated rings. The van der Waals surface area contributed by atoms with Crippen molar-refractivity contribution in [1.29, 1.82) is 0 Å². The molecule has 0 saturated carbocycles. The summed E-state index contributed by atoms with van der Waals surface area (Å²) in [4.78, 5) is 15.5. The van der Waals surface area contributed by atoms with Crippen LogP contribution < -0.4 is 15.0 Å². The highest BCUT2D eigenvalue weighted by atomic mass is 16.5. The van der Waals surface area contributed by atoms with Crippen molar-refractivity contribution in [2.45, 2.75) is 20.0 Å². The quantitative estimate of drug-likeness (QED) is 0.626. The zero-order valence-corrected chi connectivity index (χ0v) is 15.4. The van der Waals surface area contributed by atoms with Gasteiger partial charge in [-0.2, -0.15) is 0 Å². The molecule has 1 heterocycles. The lowest BCUT2D eigenvalue weighted by Gasteiger charge is -2.14. The zero-order chi connectivity index (χ0) is 19.2. The fourth-order valence-corrected chi connectivity index (χ4v) is 2.72. The number of fused-ring (bicyclic) bond motifs is 1. The standard InChI is InChI=1S/C21H22N2O4/c1-3-26-21(25)18-13-22-19-10-9-16(27-15-7-5-4-6-8-15)11-17(19)20(18)23-12-14(2)24/h4-11,13-14,24H,3,12H2,1-2H3,(H,22,23)/p+1/t14-/m1/s1. The van der Waals surface area contributed by atoms with Crippen LogP contribution in [-0.4, -0.2) is 30.3 Å². The average molecular weight is 367 g/mol. The minimum absolute atomic E-state index is 0.282. The second kappa shape index (κ2) is 8.51. The van der Waals surface area contributed by atoms with Crippen molar-refractivity contribution in [2.75, 3.05) is 18.5 Å². The van der Waals surface area contributed by atoms with Crippen LogP contribution in [0.25, 0.3) is 10.9 Å². The first-order valence-electron chi connectivity index (χ1n) is 8.89. The van der Waals surface area contributed by atoms with E-state index in [1.807, 2.05) is 48.5 Å². The van der Waals surface area contributed by atoms with Crippen molar-refractivity contribution in [3.8, 4) is 11.5 Å². The molecule has 1 atom stereocenters. The van der Waals surface area contributed by atoms with Gasteiger partial charge in [0.2, 0.25) is 5.52 Å². The van der Waals surface area contributed by atoms with Gasteiger partial charge in [0.25, 0.3) is 0 Å². The van der Waals surface area contributed by atoms with E-state index >= 15 is 0 Å². The molecule has 0 saturated heterocycles. The summed E-state index contributed by atoms with van der Waals surface area (Å²) in [6.45, 7) is 4.02. The number of aromatic amines is 1. The number of aliphatic hydroxyl groups excluding tert-OH is 1. The third-order valence-electron chi connectivity index (χ3n) is 3.95.